The highest BCUT2D eigenvalue weighted by Gasteiger charge is 2.45. The summed E-state index contributed by atoms with van der Waals surface area (Å²) in [7, 11) is 1.98. The molecule has 1 atom stereocenters. The Labute approximate surface area is 327 Å². The number of halogens is 1. The summed E-state index contributed by atoms with van der Waals surface area (Å²) in [5.74, 6) is -2.28. The molecule has 55 heavy (non-hydrogen) atoms. The molecule has 1 unspecified atom stereocenters. The number of nitrogens with one attached hydrogen (secondary N) is 5. The first kappa shape index (κ1) is 39.4. The zero-order valence-corrected chi connectivity index (χ0v) is 32.1. The van der Waals surface area contributed by atoms with Crippen molar-refractivity contribution in [3.63, 3.8) is 0 Å². The summed E-state index contributed by atoms with van der Waals surface area (Å²) in [5, 5.41) is 14.9. The van der Waals surface area contributed by atoms with E-state index in [1.807, 2.05) is 7.05 Å². The van der Waals surface area contributed by atoms with E-state index in [-0.39, 0.29) is 40.3 Å². The van der Waals surface area contributed by atoms with Crippen molar-refractivity contribution in [1.82, 2.24) is 30.8 Å². The fourth-order valence-electron chi connectivity index (χ4n) is 6.65. The lowest BCUT2D eigenvalue weighted by Crippen LogP contribution is -2.54. The molecule has 3 aromatic rings. The number of nitrogens with two attached hydrogens (primary N) is 1. The minimum Gasteiger partial charge on any atom is -0.384 e. The van der Waals surface area contributed by atoms with E-state index in [1.165, 1.54) is 17.8 Å². The van der Waals surface area contributed by atoms with E-state index >= 15 is 0 Å². The Morgan fingerprint density at radius 3 is 2.47 bits per heavy atom. The monoisotopic (exact) mass is 790 g/mol. The molecule has 4 heterocycles. The van der Waals surface area contributed by atoms with Gasteiger partial charge in [-0.05, 0) is 70.3 Å². The van der Waals surface area contributed by atoms with Crippen LogP contribution in [0.3, 0.4) is 0 Å². The van der Waals surface area contributed by atoms with Gasteiger partial charge in [0.05, 0.1) is 28.0 Å². The first-order valence-electron chi connectivity index (χ1n) is 18.0. The number of hydrogen-bond acceptors (Lipinski definition) is 13. The predicted octanol–water partition coefficient (Wildman–Crippen LogP) is 3.18. The molecule has 18 heteroatoms. The second kappa shape index (κ2) is 17.0. The molecule has 2 fully saturated rings. The Bertz CT molecular complexity index is 2020. The summed E-state index contributed by atoms with van der Waals surface area (Å²) >= 11 is 7.88. The summed E-state index contributed by atoms with van der Waals surface area (Å²) in [5.41, 5.74) is 7.55. The molecule has 0 aliphatic carbocycles. The zero-order chi connectivity index (χ0) is 39.3. The number of carbonyl (C=O) groups excluding carboxylic acids is 6. The third kappa shape index (κ3) is 9.01. The van der Waals surface area contributed by atoms with Crippen LogP contribution in [-0.2, 0) is 19.2 Å². The highest BCUT2D eigenvalue weighted by atomic mass is 35.5. The number of imide groups is 2. The van der Waals surface area contributed by atoms with E-state index in [9.17, 15) is 28.8 Å². The molecule has 0 saturated carbocycles. The average molecular weight is 791 g/mol. The van der Waals surface area contributed by atoms with E-state index in [1.54, 1.807) is 36.5 Å². The van der Waals surface area contributed by atoms with Gasteiger partial charge in [-0.2, -0.15) is 0 Å². The Hall–Kier alpha value is -5.26. The number of amides is 6. The van der Waals surface area contributed by atoms with Crippen LogP contribution in [0.15, 0.2) is 52.5 Å². The minimum absolute atomic E-state index is 0.0390. The maximum Gasteiger partial charge on any atom is 0.264 e. The summed E-state index contributed by atoms with van der Waals surface area (Å²) in [6.45, 7) is 4.62. The SMILES string of the molecule is CNC1(C)CCN(c2cnc(Sc3cccc(NC(=O)CC(=O)NCCCCNc4cccc5c4C(=O)N(C4CCC(=O)NC4=O)C5=O)c3Cl)c(N)n2)CC1. The van der Waals surface area contributed by atoms with Crippen LogP contribution in [0.5, 0.6) is 0 Å². The molecule has 3 aliphatic heterocycles. The number of nitrogens with zero attached hydrogens (tertiary/aromatic N) is 4. The Morgan fingerprint density at radius 2 is 1.75 bits per heavy atom. The molecule has 2 saturated heterocycles. The molecular formula is C37H43ClN10O6S. The molecule has 2 aromatic carbocycles. The molecule has 0 bridgehead atoms. The van der Waals surface area contributed by atoms with Gasteiger partial charge < -0.3 is 31.9 Å². The van der Waals surface area contributed by atoms with Gasteiger partial charge in [-0.1, -0.05) is 35.5 Å². The van der Waals surface area contributed by atoms with Crippen molar-refractivity contribution < 1.29 is 28.8 Å². The van der Waals surface area contributed by atoms with Crippen molar-refractivity contribution in [1.29, 1.82) is 0 Å². The molecule has 3 aliphatic rings. The zero-order valence-electron chi connectivity index (χ0n) is 30.5. The van der Waals surface area contributed by atoms with Crippen LogP contribution < -0.4 is 37.2 Å². The molecule has 7 N–H and O–H groups in total. The van der Waals surface area contributed by atoms with Crippen LogP contribution in [0, 0.1) is 0 Å². The van der Waals surface area contributed by atoms with Crippen LogP contribution in [0.2, 0.25) is 5.02 Å². The van der Waals surface area contributed by atoms with Gasteiger partial charge in [0.2, 0.25) is 23.6 Å². The number of rotatable bonds is 14. The summed E-state index contributed by atoms with van der Waals surface area (Å²) in [6.07, 6.45) is 4.52. The van der Waals surface area contributed by atoms with Crippen molar-refractivity contribution >= 4 is 81.8 Å². The number of piperidine rings is 2. The number of fused-ring (bicyclic) bond motifs is 1. The van der Waals surface area contributed by atoms with Crippen LogP contribution in [0.1, 0.15) is 72.6 Å². The van der Waals surface area contributed by atoms with Gasteiger partial charge >= 0.3 is 0 Å². The first-order valence-corrected chi connectivity index (χ1v) is 19.2. The normalized spacial score (nSPS) is 17.8. The average Bonchev–Trinajstić information content (AvgIpc) is 3.41. The van der Waals surface area contributed by atoms with Gasteiger partial charge in [0, 0.05) is 48.7 Å². The number of hydrogen-bond donors (Lipinski definition) is 6. The van der Waals surface area contributed by atoms with Crippen LogP contribution in [0.4, 0.5) is 23.0 Å². The number of nitrogen functional groups attached to an aromatic ring is 1. The number of carbonyl (C=O) groups is 6. The first-order chi connectivity index (χ1) is 26.4. The number of aromatic nitrogens is 2. The van der Waals surface area contributed by atoms with E-state index in [0.29, 0.717) is 47.2 Å². The standard InChI is InChI=1S/C37H43ClN10O6S/c1-37(40-2)13-17-47(18-14-37)26-20-43-34(32(39)45-26)55-25-10-6-9-23(31(25)38)44-29(51)19-28(50)42-16-4-3-15-41-22-8-5-7-21-30(22)36(54)48(35(21)53)24-11-12-27(49)46-33(24)52/h5-10,20,24,40-41H,3-4,11-19H2,1-2H3,(H2,39,45)(H,42,50)(H,44,51)(H,46,49,52). The van der Waals surface area contributed by atoms with E-state index < -0.39 is 47.9 Å². The highest BCUT2D eigenvalue weighted by molar-refractivity contribution is 7.99. The third-order valence-corrected chi connectivity index (χ3v) is 11.6. The lowest BCUT2D eigenvalue weighted by atomic mass is 9.90. The van der Waals surface area contributed by atoms with Crippen molar-refractivity contribution in [3.05, 3.63) is 58.7 Å². The maximum atomic E-state index is 13.3. The minimum atomic E-state index is -1.05. The number of anilines is 4. The second-order valence-corrected chi connectivity index (χ2v) is 15.2. The Balaban J connectivity index is 0.929. The summed E-state index contributed by atoms with van der Waals surface area (Å²) in [6, 6.07) is 8.95. The van der Waals surface area contributed by atoms with Crippen molar-refractivity contribution in [3.8, 4) is 0 Å². The molecule has 6 rings (SSSR count). The lowest BCUT2D eigenvalue weighted by molar-refractivity contribution is -0.136. The second-order valence-electron chi connectivity index (χ2n) is 13.8. The largest absolute Gasteiger partial charge is 0.384 e. The molecule has 0 spiro atoms. The topological polar surface area (TPSA) is 221 Å². The Kier molecular flexibility index (Phi) is 12.2. The van der Waals surface area contributed by atoms with Crippen LogP contribution >= 0.6 is 23.4 Å². The third-order valence-electron chi connectivity index (χ3n) is 10.0. The fraction of sp³-hybridized carbons (Fsp3) is 0.405. The van der Waals surface area contributed by atoms with Crippen molar-refractivity contribution in [2.45, 2.75) is 73.4 Å². The molecular weight excluding hydrogens is 748 g/mol. The molecule has 290 valence electrons. The molecule has 1 aromatic heterocycles. The Morgan fingerprint density at radius 1 is 1.02 bits per heavy atom. The number of unbranched alkanes of at least 4 members (excludes halogenated alkanes) is 1. The smallest absolute Gasteiger partial charge is 0.264 e. The van der Waals surface area contributed by atoms with Gasteiger partial charge in [-0.25, -0.2) is 9.97 Å². The van der Waals surface area contributed by atoms with E-state index in [2.05, 4.69) is 48.4 Å². The van der Waals surface area contributed by atoms with Crippen LogP contribution in [0.25, 0.3) is 0 Å². The quantitative estimate of drug-likeness (QED) is 0.0786. The number of benzene rings is 2. The van der Waals surface area contributed by atoms with Gasteiger partial charge in [-0.15, -0.1) is 0 Å². The van der Waals surface area contributed by atoms with Gasteiger partial charge in [0.1, 0.15) is 23.3 Å². The van der Waals surface area contributed by atoms with Gasteiger partial charge in [0.25, 0.3) is 11.8 Å². The molecule has 16 nitrogen and oxygen atoms in total. The lowest BCUT2D eigenvalue weighted by Gasteiger charge is -2.39. The van der Waals surface area contributed by atoms with E-state index in [4.69, 9.17) is 17.3 Å². The van der Waals surface area contributed by atoms with Gasteiger partial charge in [-0.3, -0.25) is 39.0 Å². The highest BCUT2D eigenvalue weighted by Crippen LogP contribution is 2.39. The molecule has 0 radical (unpaired) electrons. The summed E-state index contributed by atoms with van der Waals surface area (Å²) < 4.78 is 0. The maximum absolute atomic E-state index is 13.3. The predicted molar refractivity (Wildman–Crippen MR) is 208 cm³/mol. The van der Waals surface area contributed by atoms with E-state index in [0.717, 1.165) is 36.6 Å². The van der Waals surface area contributed by atoms with Crippen LogP contribution in [-0.4, -0.2) is 95.1 Å². The van der Waals surface area contributed by atoms with Gasteiger partial charge in [0.15, 0.2) is 5.82 Å². The van der Waals surface area contributed by atoms with Crippen molar-refractivity contribution in [2.24, 2.45) is 0 Å². The summed E-state index contributed by atoms with van der Waals surface area (Å²) in [4.78, 5) is 88.4. The fourth-order valence-corrected chi connectivity index (χ4v) is 7.75. The molecule has 6 amide bonds. The van der Waals surface area contributed by atoms with Crippen molar-refractivity contribution in [2.75, 3.05) is 54.5 Å².